The minimum atomic E-state index is -3.06. The number of rotatable bonds is 11. The number of allylic oxidation sites excluding steroid dienone is 3. The number of hydrogen-bond acceptors (Lipinski definition) is 6. The zero-order valence-corrected chi connectivity index (χ0v) is 32.8. The number of carbonyl (C=O) groups excluding carboxylic acids is 3. The van der Waals surface area contributed by atoms with E-state index in [1.54, 1.807) is 40.1 Å². The fraction of sp³-hybridized carbons (Fsp3) is 0.419. The SMILES string of the molecule is CC(C)=CCC/C(C)=C/CN1C(=O)[C@@]2(O[C@@H](CC(=O)N3Cc4ccccc4C[C@H]3CO)[C@H]([Si](C)(C)O)[C@H]2C)c2cc(NC(=O)c3ccccc3)ccc21. The van der Waals surface area contributed by atoms with Gasteiger partial charge in [-0.2, -0.15) is 0 Å². The molecule has 3 N–H and O–H groups in total. The normalized spacial score (nSPS) is 23.9. The van der Waals surface area contributed by atoms with Gasteiger partial charge in [-0.15, -0.1) is 0 Å². The molecular formula is C43H53N3O6Si. The van der Waals surface area contributed by atoms with Crippen molar-refractivity contribution < 1.29 is 29.0 Å². The Kier molecular flexibility index (Phi) is 11.3. The van der Waals surface area contributed by atoms with Crippen LogP contribution in [0.1, 0.15) is 74.0 Å². The van der Waals surface area contributed by atoms with Gasteiger partial charge in [0.25, 0.3) is 11.8 Å². The molecule has 0 bridgehead atoms. The summed E-state index contributed by atoms with van der Waals surface area (Å²) in [5.41, 5.74) is 4.97. The van der Waals surface area contributed by atoms with Crippen molar-refractivity contribution in [2.24, 2.45) is 5.92 Å². The highest BCUT2D eigenvalue weighted by Crippen LogP contribution is 2.60. The number of aliphatic hydroxyl groups is 1. The topological polar surface area (TPSA) is 119 Å². The molecule has 3 aromatic rings. The molecule has 0 unspecified atom stereocenters. The highest BCUT2D eigenvalue weighted by molar-refractivity contribution is 6.71. The van der Waals surface area contributed by atoms with E-state index >= 15 is 0 Å². The van der Waals surface area contributed by atoms with Gasteiger partial charge in [0.1, 0.15) is 0 Å². The number of benzene rings is 3. The molecule has 1 fully saturated rings. The van der Waals surface area contributed by atoms with Crippen LogP contribution in [0.5, 0.6) is 0 Å². The number of carbonyl (C=O) groups is 3. The quantitative estimate of drug-likeness (QED) is 0.143. The number of anilines is 2. The standard InChI is InChI=1S/C43H53N3O6Si/c1-28(2)13-12-14-29(3)21-22-45-37-20-19-34(44-41(49)31-15-8-7-9-16-31)24-36(37)43(42(45)50)30(4)40(53(5,6)51)38(52-43)25-39(48)46-26-33-18-11-10-17-32(33)23-35(46)27-47/h7-11,13,15-21,24,30,35,38,40,47,51H,12,14,22-23,25-27H2,1-6H3,(H,44,49)/b29-21+/t30-,35+,38+,40-,43+/m1/s1. The molecule has 0 radical (unpaired) electrons. The highest BCUT2D eigenvalue weighted by Gasteiger charge is 2.66. The monoisotopic (exact) mass is 735 g/mol. The molecule has 3 amide bonds. The van der Waals surface area contributed by atoms with Gasteiger partial charge in [0.15, 0.2) is 13.9 Å². The van der Waals surface area contributed by atoms with Crippen molar-refractivity contribution in [2.75, 3.05) is 23.4 Å². The molecular weight excluding hydrogens is 683 g/mol. The fourth-order valence-electron chi connectivity index (χ4n) is 8.60. The van der Waals surface area contributed by atoms with E-state index in [0.717, 1.165) is 29.5 Å². The van der Waals surface area contributed by atoms with Gasteiger partial charge in [0.05, 0.1) is 30.9 Å². The molecule has 1 saturated heterocycles. The summed E-state index contributed by atoms with van der Waals surface area (Å²) in [5, 5.41) is 13.3. The van der Waals surface area contributed by atoms with Gasteiger partial charge in [-0.25, -0.2) is 0 Å². The van der Waals surface area contributed by atoms with Gasteiger partial charge in [-0.05, 0) is 94.6 Å². The molecule has 3 heterocycles. The van der Waals surface area contributed by atoms with E-state index in [1.165, 1.54) is 5.57 Å². The molecule has 5 atom stereocenters. The van der Waals surface area contributed by atoms with E-state index in [4.69, 9.17) is 4.74 Å². The lowest BCUT2D eigenvalue weighted by Gasteiger charge is -2.37. The van der Waals surface area contributed by atoms with Gasteiger partial charge in [-0.1, -0.05) is 72.7 Å². The van der Waals surface area contributed by atoms with Crippen molar-refractivity contribution in [3.63, 3.8) is 0 Å². The molecule has 3 aliphatic rings. The van der Waals surface area contributed by atoms with Crippen LogP contribution in [0.15, 0.2) is 96.1 Å². The lowest BCUT2D eigenvalue weighted by molar-refractivity contribution is -0.150. The van der Waals surface area contributed by atoms with E-state index in [2.05, 4.69) is 38.2 Å². The van der Waals surface area contributed by atoms with Gasteiger partial charge < -0.3 is 29.8 Å². The largest absolute Gasteiger partial charge is 0.432 e. The Bertz CT molecular complexity index is 1920. The molecule has 280 valence electrons. The van der Waals surface area contributed by atoms with Crippen LogP contribution in [-0.4, -0.2) is 66.1 Å². The van der Waals surface area contributed by atoms with E-state index in [9.17, 15) is 24.3 Å². The third kappa shape index (κ3) is 7.69. The maximum absolute atomic E-state index is 15.0. The maximum atomic E-state index is 15.0. The zero-order chi connectivity index (χ0) is 38.1. The summed E-state index contributed by atoms with van der Waals surface area (Å²) in [6, 6.07) is 22.0. The van der Waals surface area contributed by atoms with Crippen molar-refractivity contribution in [3.8, 4) is 0 Å². The number of nitrogens with one attached hydrogen (secondary N) is 1. The zero-order valence-electron chi connectivity index (χ0n) is 31.8. The summed E-state index contributed by atoms with van der Waals surface area (Å²) < 4.78 is 7.01. The predicted molar refractivity (Wildman–Crippen MR) is 211 cm³/mol. The summed E-state index contributed by atoms with van der Waals surface area (Å²) in [6.07, 6.45) is 5.83. The second kappa shape index (κ2) is 15.6. The summed E-state index contributed by atoms with van der Waals surface area (Å²) in [6.45, 7) is 12.4. The highest BCUT2D eigenvalue weighted by atomic mass is 28.4. The molecule has 1 spiro atoms. The minimum Gasteiger partial charge on any atom is -0.432 e. The van der Waals surface area contributed by atoms with Gasteiger partial charge in [-0.3, -0.25) is 14.4 Å². The van der Waals surface area contributed by atoms with Crippen LogP contribution in [0.4, 0.5) is 11.4 Å². The first kappa shape index (κ1) is 38.4. The average molecular weight is 736 g/mol. The van der Waals surface area contributed by atoms with Gasteiger partial charge in [0.2, 0.25) is 5.91 Å². The van der Waals surface area contributed by atoms with Crippen molar-refractivity contribution in [2.45, 2.75) is 96.3 Å². The Labute approximate surface area is 314 Å². The first-order valence-electron chi connectivity index (χ1n) is 18.7. The summed E-state index contributed by atoms with van der Waals surface area (Å²) in [5.74, 6) is -1.18. The molecule has 6 rings (SSSR count). The Morgan fingerprint density at radius 1 is 1.00 bits per heavy atom. The Balaban J connectivity index is 1.36. The van der Waals surface area contributed by atoms with Crippen LogP contribution in [0, 0.1) is 5.92 Å². The minimum absolute atomic E-state index is 0.0389. The van der Waals surface area contributed by atoms with Crippen LogP contribution in [-0.2, 0) is 32.9 Å². The van der Waals surface area contributed by atoms with Crippen LogP contribution < -0.4 is 10.2 Å². The van der Waals surface area contributed by atoms with E-state index < -0.39 is 31.5 Å². The number of aliphatic hydroxyl groups excluding tert-OH is 1. The first-order valence-corrected chi connectivity index (χ1v) is 21.8. The maximum Gasteiger partial charge on any atom is 0.264 e. The van der Waals surface area contributed by atoms with Crippen molar-refractivity contribution >= 4 is 37.4 Å². The van der Waals surface area contributed by atoms with Gasteiger partial charge >= 0.3 is 0 Å². The average Bonchev–Trinajstić information content (AvgIpc) is 3.55. The molecule has 0 aromatic heterocycles. The first-order chi connectivity index (χ1) is 25.2. The number of hydrogen-bond donors (Lipinski definition) is 3. The third-order valence-electron chi connectivity index (χ3n) is 11.3. The second-order valence-corrected chi connectivity index (χ2v) is 19.7. The van der Waals surface area contributed by atoms with E-state index in [1.807, 2.05) is 62.5 Å². The predicted octanol–water partition coefficient (Wildman–Crippen LogP) is 7.11. The second-order valence-electron chi connectivity index (χ2n) is 15.7. The molecule has 53 heavy (non-hydrogen) atoms. The third-order valence-corrected chi connectivity index (χ3v) is 13.8. The van der Waals surface area contributed by atoms with E-state index in [0.29, 0.717) is 42.0 Å². The molecule has 0 aliphatic carbocycles. The number of ether oxygens (including phenoxy) is 1. The lowest BCUT2D eigenvalue weighted by Crippen LogP contribution is -2.48. The Hall–Kier alpha value is -4.35. The van der Waals surface area contributed by atoms with Crippen LogP contribution >= 0.6 is 0 Å². The molecule has 3 aromatic carbocycles. The molecule has 3 aliphatic heterocycles. The lowest BCUT2D eigenvalue weighted by atomic mass is 9.82. The Morgan fingerprint density at radius 3 is 2.38 bits per heavy atom. The van der Waals surface area contributed by atoms with Crippen molar-refractivity contribution in [1.82, 2.24) is 4.90 Å². The summed E-state index contributed by atoms with van der Waals surface area (Å²) in [4.78, 5) is 57.8. The Morgan fingerprint density at radius 2 is 1.70 bits per heavy atom. The molecule has 0 saturated carbocycles. The van der Waals surface area contributed by atoms with Crippen molar-refractivity contribution in [3.05, 3.63) is 118 Å². The summed E-state index contributed by atoms with van der Waals surface area (Å²) >= 11 is 0. The van der Waals surface area contributed by atoms with Crippen LogP contribution in [0.25, 0.3) is 0 Å². The van der Waals surface area contributed by atoms with Gasteiger partial charge in [0, 0.05) is 41.4 Å². The number of nitrogens with zero attached hydrogens (tertiary/aromatic N) is 2. The number of fused-ring (bicyclic) bond motifs is 3. The van der Waals surface area contributed by atoms with Crippen LogP contribution in [0.2, 0.25) is 18.6 Å². The molecule has 10 heteroatoms. The molecule has 9 nitrogen and oxygen atoms in total. The number of amides is 3. The summed E-state index contributed by atoms with van der Waals surface area (Å²) in [7, 11) is -3.06. The fourth-order valence-corrected chi connectivity index (χ4v) is 11.2. The van der Waals surface area contributed by atoms with Crippen LogP contribution in [0.3, 0.4) is 0 Å². The van der Waals surface area contributed by atoms with E-state index in [-0.39, 0.29) is 36.8 Å². The van der Waals surface area contributed by atoms with Crippen molar-refractivity contribution in [1.29, 1.82) is 0 Å². The smallest absolute Gasteiger partial charge is 0.264 e.